The van der Waals surface area contributed by atoms with E-state index in [4.69, 9.17) is 9.26 Å². The van der Waals surface area contributed by atoms with Crippen LogP contribution in [-0.2, 0) is 13.2 Å². The van der Waals surface area contributed by atoms with Gasteiger partial charge in [-0.1, -0.05) is 17.3 Å². The number of hydrogen-bond acceptors (Lipinski definition) is 5. The molecule has 7 heteroatoms. The van der Waals surface area contributed by atoms with Crippen molar-refractivity contribution in [2.75, 3.05) is 6.54 Å². The van der Waals surface area contributed by atoms with Gasteiger partial charge in [0.1, 0.15) is 18.1 Å². The van der Waals surface area contributed by atoms with Crippen molar-refractivity contribution in [2.24, 2.45) is 0 Å². The molecule has 0 aliphatic rings. The fourth-order valence-corrected chi connectivity index (χ4v) is 3.31. The number of amides is 1. The number of fused-ring (bicyclic) bond motifs is 1. The lowest BCUT2D eigenvalue weighted by molar-refractivity contribution is 0.0952. The van der Waals surface area contributed by atoms with E-state index in [0.29, 0.717) is 24.5 Å². The van der Waals surface area contributed by atoms with Crippen molar-refractivity contribution in [2.45, 2.75) is 33.4 Å². The van der Waals surface area contributed by atoms with Crippen LogP contribution in [0.1, 0.15) is 33.8 Å². The highest BCUT2D eigenvalue weighted by molar-refractivity contribution is 5.94. The maximum Gasteiger partial charge on any atom is 0.251 e. The summed E-state index contributed by atoms with van der Waals surface area (Å²) in [7, 11) is 0. The SMILES string of the molecule is Cc1noc(C)c1COc1ccc(C(=O)NCCCn2cnc3ccccc32)cc1. The first-order valence-electron chi connectivity index (χ1n) is 9.94. The Kier molecular flexibility index (Phi) is 5.79. The van der Waals surface area contributed by atoms with E-state index < -0.39 is 0 Å². The number of nitrogens with one attached hydrogen (secondary N) is 1. The summed E-state index contributed by atoms with van der Waals surface area (Å²) in [6, 6.07) is 15.2. The first-order valence-corrected chi connectivity index (χ1v) is 9.94. The van der Waals surface area contributed by atoms with Crippen molar-refractivity contribution in [3.05, 3.63) is 77.4 Å². The Morgan fingerprint density at radius 1 is 1.13 bits per heavy atom. The van der Waals surface area contributed by atoms with Gasteiger partial charge in [-0.25, -0.2) is 4.98 Å². The van der Waals surface area contributed by atoms with E-state index in [2.05, 4.69) is 26.1 Å². The summed E-state index contributed by atoms with van der Waals surface area (Å²) >= 11 is 0. The minimum Gasteiger partial charge on any atom is -0.489 e. The average molecular weight is 404 g/mol. The second kappa shape index (κ2) is 8.82. The molecule has 4 rings (SSSR count). The number of benzene rings is 2. The van der Waals surface area contributed by atoms with Gasteiger partial charge in [0.15, 0.2) is 0 Å². The molecule has 0 aliphatic heterocycles. The van der Waals surface area contributed by atoms with Crippen LogP contribution in [0.25, 0.3) is 11.0 Å². The summed E-state index contributed by atoms with van der Waals surface area (Å²) in [4.78, 5) is 16.8. The first-order chi connectivity index (χ1) is 14.6. The van der Waals surface area contributed by atoms with Crippen LogP contribution in [0, 0.1) is 13.8 Å². The fraction of sp³-hybridized carbons (Fsp3) is 0.261. The molecule has 154 valence electrons. The van der Waals surface area contributed by atoms with Crippen LogP contribution >= 0.6 is 0 Å². The van der Waals surface area contributed by atoms with Crippen LogP contribution in [0.5, 0.6) is 5.75 Å². The van der Waals surface area contributed by atoms with E-state index in [1.165, 1.54) is 0 Å². The Morgan fingerprint density at radius 3 is 2.70 bits per heavy atom. The highest BCUT2D eigenvalue weighted by Crippen LogP contribution is 2.18. The van der Waals surface area contributed by atoms with Gasteiger partial charge in [0.25, 0.3) is 5.91 Å². The Labute approximate surface area is 174 Å². The van der Waals surface area contributed by atoms with Gasteiger partial charge >= 0.3 is 0 Å². The Bertz CT molecular complexity index is 1130. The van der Waals surface area contributed by atoms with Gasteiger partial charge in [-0.05, 0) is 56.7 Å². The van der Waals surface area contributed by atoms with Gasteiger partial charge in [0.2, 0.25) is 0 Å². The molecule has 1 N–H and O–H groups in total. The van der Waals surface area contributed by atoms with E-state index in [-0.39, 0.29) is 5.91 Å². The van der Waals surface area contributed by atoms with Gasteiger partial charge in [0.05, 0.1) is 28.6 Å². The Morgan fingerprint density at radius 2 is 1.93 bits per heavy atom. The minimum atomic E-state index is -0.0947. The van der Waals surface area contributed by atoms with Crippen molar-refractivity contribution in [3.8, 4) is 5.75 Å². The molecular weight excluding hydrogens is 380 g/mol. The van der Waals surface area contributed by atoms with Crippen molar-refractivity contribution in [3.63, 3.8) is 0 Å². The quantitative estimate of drug-likeness (QED) is 0.448. The second-order valence-corrected chi connectivity index (χ2v) is 7.15. The Balaban J connectivity index is 1.24. The lowest BCUT2D eigenvalue weighted by Gasteiger charge is -2.08. The number of imidazole rings is 1. The van der Waals surface area contributed by atoms with E-state index in [1.54, 1.807) is 24.3 Å². The molecule has 0 bridgehead atoms. The summed E-state index contributed by atoms with van der Waals surface area (Å²) in [6.45, 7) is 5.53. The van der Waals surface area contributed by atoms with Crippen LogP contribution in [0.2, 0.25) is 0 Å². The summed E-state index contributed by atoms with van der Waals surface area (Å²) < 4.78 is 13.0. The summed E-state index contributed by atoms with van der Waals surface area (Å²) in [5.41, 5.74) is 4.47. The van der Waals surface area contributed by atoms with Crippen LogP contribution in [0.4, 0.5) is 0 Å². The summed E-state index contributed by atoms with van der Waals surface area (Å²) in [5, 5.41) is 6.88. The third-order valence-electron chi connectivity index (χ3n) is 5.07. The summed E-state index contributed by atoms with van der Waals surface area (Å²) in [5.74, 6) is 1.36. The number of aromatic nitrogens is 3. The zero-order valence-corrected chi connectivity index (χ0v) is 17.1. The first kappa shape index (κ1) is 19.7. The van der Waals surface area contributed by atoms with Gasteiger partial charge in [-0.15, -0.1) is 0 Å². The highest BCUT2D eigenvalue weighted by Gasteiger charge is 2.10. The predicted octanol–water partition coefficient (Wildman–Crippen LogP) is 4.04. The molecule has 1 amide bonds. The monoisotopic (exact) mass is 404 g/mol. The molecule has 0 saturated heterocycles. The molecule has 4 aromatic rings. The smallest absolute Gasteiger partial charge is 0.251 e. The third-order valence-corrected chi connectivity index (χ3v) is 5.07. The number of aryl methyl sites for hydroxylation is 3. The zero-order chi connectivity index (χ0) is 20.9. The molecule has 2 aromatic heterocycles. The Hall–Kier alpha value is -3.61. The summed E-state index contributed by atoms with van der Waals surface area (Å²) in [6.07, 6.45) is 2.67. The fourth-order valence-electron chi connectivity index (χ4n) is 3.31. The number of para-hydroxylation sites is 2. The zero-order valence-electron chi connectivity index (χ0n) is 17.1. The van der Waals surface area contributed by atoms with Crippen LogP contribution in [-0.4, -0.2) is 27.2 Å². The van der Waals surface area contributed by atoms with Crippen molar-refractivity contribution in [1.82, 2.24) is 20.0 Å². The van der Waals surface area contributed by atoms with E-state index in [9.17, 15) is 4.79 Å². The molecule has 0 atom stereocenters. The van der Waals surface area contributed by atoms with E-state index in [0.717, 1.165) is 41.0 Å². The number of carbonyl (C=O) groups is 1. The molecule has 7 nitrogen and oxygen atoms in total. The largest absolute Gasteiger partial charge is 0.489 e. The standard InChI is InChI=1S/C23H24N4O3/c1-16-20(17(2)30-26-16)14-29-19-10-8-18(9-11-19)23(28)24-12-5-13-27-15-25-21-6-3-4-7-22(21)27/h3-4,6-11,15H,5,12-14H2,1-2H3,(H,24,28). The number of hydrogen-bond donors (Lipinski definition) is 1. The molecule has 0 saturated carbocycles. The lowest BCUT2D eigenvalue weighted by atomic mass is 10.2. The van der Waals surface area contributed by atoms with E-state index >= 15 is 0 Å². The maximum absolute atomic E-state index is 12.4. The topological polar surface area (TPSA) is 82.2 Å². The molecule has 30 heavy (non-hydrogen) atoms. The number of nitrogens with zero attached hydrogens (tertiary/aromatic N) is 3. The number of carbonyl (C=O) groups excluding carboxylic acids is 1. The van der Waals surface area contributed by atoms with Crippen LogP contribution in [0.3, 0.4) is 0 Å². The molecular formula is C23H24N4O3. The number of rotatable bonds is 8. The van der Waals surface area contributed by atoms with Crippen LogP contribution < -0.4 is 10.1 Å². The predicted molar refractivity (Wildman–Crippen MR) is 113 cm³/mol. The molecule has 0 spiro atoms. The van der Waals surface area contributed by atoms with Gasteiger partial charge in [0, 0.05) is 18.7 Å². The van der Waals surface area contributed by atoms with Crippen molar-refractivity contribution in [1.29, 1.82) is 0 Å². The maximum atomic E-state index is 12.4. The molecule has 0 unspecified atom stereocenters. The molecule has 0 fully saturated rings. The normalized spacial score (nSPS) is 11.0. The molecule has 0 radical (unpaired) electrons. The van der Waals surface area contributed by atoms with Gasteiger partial charge in [-0.2, -0.15) is 0 Å². The third kappa shape index (κ3) is 4.35. The van der Waals surface area contributed by atoms with Crippen molar-refractivity contribution < 1.29 is 14.1 Å². The molecule has 0 aliphatic carbocycles. The highest BCUT2D eigenvalue weighted by atomic mass is 16.5. The lowest BCUT2D eigenvalue weighted by Crippen LogP contribution is -2.25. The molecule has 2 heterocycles. The second-order valence-electron chi connectivity index (χ2n) is 7.15. The van der Waals surface area contributed by atoms with E-state index in [1.807, 2.05) is 38.4 Å². The van der Waals surface area contributed by atoms with Crippen LogP contribution in [0.15, 0.2) is 59.4 Å². The molecule has 2 aromatic carbocycles. The van der Waals surface area contributed by atoms with Gasteiger partial charge < -0.3 is 19.1 Å². The van der Waals surface area contributed by atoms with Crippen molar-refractivity contribution >= 4 is 16.9 Å². The average Bonchev–Trinajstić information content (AvgIpc) is 3.33. The number of ether oxygens (including phenoxy) is 1. The van der Waals surface area contributed by atoms with Gasteiger partial charge in [-0.3, -0.25) is 4.79 Å². The minimum absolute atomic E-state index is 0.0947.